The van der Waals surface area contributed by atoms with Crippen molar-refractivity contribution in [1.82, 2.24) is 15.3 Å². The number of H-pyrrole nitrogens is 1. The minimum atomic E-state index is -0.383. The van der Waals surface area contributed by atoms with Crippen LogP contribution in [-0.2, 0) is 0 Å². The van der Waals surface area contributed by atoms with Crippen molar-refractivity contribution < 1.29 is 4.79 Å². The van der Waals surface area contributed by atoms with E-state index >= 15 is 0 Å². The quantitative estimate of drug-likeness (QED) is 0.884. The fourth-order valence-corrected chi connectivity index (χ4v) is 1.86. The SMILES string of the molecule is CC[C@@H](C)CNC(=O)c1ccc(-c2ccncc2)[nH]c1=O. The van der Waals surface area contributed by atoms with E-state index in [4.69, 9.17) is 0 Å². The van der Waals surface area contributed by atoms with Crippen molar-refractivity contribution >= 4 is 5.91 Å². The highest BCUT2D eigenvalue weighted by molar-refractivity contribution is 5.94. The number of carbonyl (C=O) groups excluding carboxylic acids is 1. The molecule has 0 aliphatic rings. The number of hydrogen-bond donors (Lipinski definition) is 2. The van der Waals surface area contributed by atoms with Crippen molar-refractivity contribution in [3.8, 4) is 11.3 Å². The summed E-state index contributed by atoms with van der Waals surface area (Å²) in [5.74, 6) is 0.0574. The van der Waals surface area contributed by atoms with Crippen LogP contribution in [0.1, 0.15) is 30.6 Å². The third-order valence-electron chi connectivity index (χ3n) is 3.45. The van der Waals surface area contributed by atoms with Crippen LogP contribution in [0, 0.1) is 5.92 Å². The Morgan fingerprint density at radius 3 is 2.62 bits per heavy atom. The summed E-state index contributed by atoms with van der Waals surface area (Å²) < 4.78 is 0. The molecule has 21 heavy (non-hydrogen) atoms. The minimum absolute atomic E-state index is 0.135. The highest BCUT2D eigenvalue weighted by Crippen LogP contribution is 2.13. The van der Waals surface area contributed by atoms with Gasteiger partial charge in [-0.3, -0.25) is 14.6 Å². The molecule has 1 amide bonds. The predicted molar refractivity (Wildman–Crippen MR) is 82.1 cm³/mol. The summed E-state index contributed by atoms with van der Waals surface area (Å²) in [7, 11) is 0. The molecule has 0 bridgehead atoms. The van der Waals surface area contributed by atoms with Crippen LogP contribution in [0.3, 0.4) is 0 Å². The Morgan fingerprint density at radius 2 is 2.00 bits per heavy atom. The fourth-order valence-electron chi connectivity index (χ4n) is 1.86. The zero-order chi connectivity index (χ0) is 15.2. The van der Waals surface area contributed by atoms with Crippen molar-refractivity contribution in [2.45, 2.75) is 20.3 Å². The van der Waals surface area contributed by atoms with Gasteiger partial charge in [0.15, 0.2) is 0 Å². The summed E-state index contributed by atoms with van der Waals surface area (Å²) in [6.07, 6.45) is 4.29. The normalized spacial score (nSPS) is 11.9. The molecule has 5 nitrogen and oxygen atoms in total. The minimum Gasteiger partial charge on any atom is -0.352 e. The molecule has 0 saturated carbocycles. The summed E-state index contributed by atoms with van der Waals surface area (Å²) >= 11 is 0. The Kier molecular flexibility index (Phi) is 4.87. The van der Waals surface area contributed by atoms with E-state index in [0.29, 0.717) is 18.2 Å². The van der Waals surface area contributed by atoms with Crippen LogP contribution in [0.5, 0.6) is 0 Å². The van der Waals surface area contributed by atoms with E-state index in [-0.39, 0.29) is 17.0 Å². The molecule has 110 valence electrons. The number of rotatable bonds is 5. The smallest absolute Gasteiger partial charge is 0.261 e. The van der Waals surface area contributed by atoms with Gasteiger partial charge in [-0.15, -0.1) is 0 Å². The molecule has 2 heterocycles. The summed E-state index contributed by atoms with van der Waals surface area (Å²) in [6, 6.07) is 6.89. The van der Waals surface area contributed by atoms with Gasteiger partial charge in [0.1, 0.15) is 5.56 Å². The first-order chi connectivity index (χ1) is 10.1. The first-order valence-electron chi connectivity index (χ1n) is 7.03. The predicted octanol–water partition coefficient (Wildman–Crippen LogP) is 2.21. The van der Waals surface area contributed by atoms with Crippen molar-refractivity contribution in [2.24, 2.45) is 5.92 Å². The molecule has 1 atom stereocenters. The second kappa shape index (κ2) is 6.83. The third kappa shape index (κ3) is 3.78. The van der Waals surface area contributed by atoms with E-state index in [0.717, 1.165) is 12.0 Å². The van der Waals surface area contributed by atoms with Gasteiger partial charge in [0, 0.05) is 30.2 Å². The fraction of sp³-hybridized carbons (Fsp3) is 0.312. The van der Waals surface area contributed by atoms with E-state index in [9.17, 15) is 9.59 Å². The number of pyridine rings is 2. The highest BCUT2D eigenvalue weighted by Gasteiger charge is 2.12. The van der Waals surface area contributed by atoms with E-state index in [2.05, 4.69) is 29.1 Å². The maximum Gasteiger partial charge on any atom is 0.261 e. The van der Waals surface area contributed by atoms with Gasteiger partial charge in [-0.2, -0.15) is 0 Å². The summed E-state index contributed by atoms with van der Waals surface area (Å²) in [6.45, 7) is 4.69. The van der Waals surface area contributed by atoms with E-state index < -0.39 is 0 Å². The number of carbonyl (C=O) groups is 1. The Morgan fingerprint density at radius 1 is 1.29 bits per heavy atom. The van der Waals surface area contributed by atoms with Crippen molar-refractivity contribution in [3.63, 3.8) is 0 Å². The first-order valence-corrected chi connectivity index (χ1v) is 7.03. The van der Waals surface area contributed by atoms with Gasteiger partial charge in [-0.05, 0) is 30.2 Å². The second-order valence-corrected chi connectivity index (χ2v) is 5.07. The zero-order valence-corrected chi connectivity index (χ0v) is 12.2. The molecule has 5 heteroatoms. The number of aromatic amines is 1. The molecule has 0 spiro atoms. The van der Waals surface area contributed by atoms with E-state index in [1.54, 1.807) is 36.7 Å². The molecule has 0 saturated heterocycles. The second-order valence-electron chi connectivity index (χ2n) is 5.07. The zero-order valence-electron chi connectivity index (χ0n) is 12.2. The first kappa shape index (κ1) is 15.0. The van der Waals surface area contributed by atoms with Gasteiger partial charge in [-0.25, -0.2) is 0 Å². The molecule has 0 fully saturated rings. The molecule has 2 aromatic heterocycles. The van der Waals surface area contributed by atoms with Crippen LogP contribution in [-0.4, -0.2) is 22.4 Å². The van der Waals surface area contributed by atoms with Crippen LogP contribution in [0.15, 0.2) is 41.5 Å². The van der Waals surface area contributed by atoms with Gasteiger partial charge in [-0.1, -0.05) is 20.3 Å². The monoisotopic (exact) mass is 285 g/mol. The van der Waals surface area contributed by atoms with Crippen molar-refractivity contribution in [1.29, 1.82) is 0 Å². The lowest BCUT2D eigenvalue weighted by Gasteiger charge is -2.10. The van der Waals surface area contributed by atoms with E-state index in [1.807, 2.05) is 0 Å². The lowest BCUT2D eigenvalue weighted by atomic mass is 10.1. The Bertz CT molecular complexity index is 665. The molecule has 2 N–H and O–H groups in total. The largest absolute Gasteiger partial charge is 0.352 e. The van der Waals surface area contributed by atoms with Gasteiger partial charge >= 0.3 is 0 Å². The summed E-state index contributed by atoms with van der Waals surface area (Å²) in [4.78, 5) is 30.7. The highest BCUT2D eigenvalue weighted by atomic mass is 16.2. The standard InChI is InChI=1S/C16H19N3O2/c1-3-11(2)10-18-15(20)13-4-5-14(19-16(13)21)12-6-8-17-9-7-12/h4-9,11H,3,10H2,1-2H3,(H,18,20)(H,19,21)/t11-/m1/s1. The van der Waals surface area contributed by atoms with Gasteiger partial charge in [0.25, 0.3) is 11.5 Å². The number of nitrogens with zero attached hydrogens (tertiary/aromatic N) is 1. The molecule has 0 aromatic carbocycles. The maximum absolute atomic E-state index is 12.0. The molecule has 0 aliphatic heterocycles. The van der Waals surface area contributed by atoms with Crippen LogP contribution < -0.4 is 10.9 Å². The lowest BCUT2D eigenvalue weighted by molar-refractivity contribution is 0.0946. The Labute approximate surface area is 123 Å². The van der Waals surface area contributed by atoms with Crippen molar-refractivity contribution in [2.75, 3.05) is 6.54 Å². The summed E-state index contributed by atoms with van der Waals surface area (Å²) in [5.41, 5.74) is 1.27. The Hall–Kier alpha value is -2.43. The molecule has 2 rings (SSSR count). The van der Waals surface area contributed by atoms with Gasteiger partial charge in [0.2, 0.25) is 0 Å². The van der Waals surface area contributed by atoms with Crippen LogP contribution in [0.25, 0.3) is 11.3 Å². The number of nitrogens with one attached hydrogen (secondary N) is 2. The Balaban J connectivity index is 2.16. The number of aromatic nitrogens is 2. The molecular formula is C16H19N3O2. The average Bonchev–Trinajstić information content (AvgIpc) is 2.53. The lowest BCUT2D eigenvalue weighted by Crippen LogP contribution is -2.32. The van der Waals surface area contributed by atoms with Crippen LogP contribution in [0.4, 0.5) is 0 Å². The van der Waals surface area contributed by atoms with Crippen molar-refractivity contribution in [3.05, 3.63) is 52.6 Å². The molecule has 0 radical (unpaired) electrons. The molecule has 2 aromatic rings. The molecular weight excluding hydrogens is 266 g/mol. The van der Waals surface area contributed by atoms with Crippen LogP contribution >= 0.6 is 0 Å². The topological polar surface area (TPSA) is 74.8 Å². The third-order valence-corrected chi connectivity index (χ3v) is 3.45. The van der Waals surface area contributed by atoms with Gasteiger partial charge < -0.3 is 10.3 Å². The maximum atomic E-state index is 12.0. The van der Waals surface area contributed by atoms with Crippen LogP contribution in [0.2, 0.25) is 0 Å². The number of hydrogen-bond acceptors (Lipinski definition) is 3. The molecule has 0 aliphatic carbocycles. The molecule has 0 unspecified atom stereocenters. The summed E-state index contributed by atoms with van der Waals surface area (Å²) in [5, 5.41) is 2.78. The van der Waals surface area contributed by atoms with Gasteiger partial charge in [0.05, 0.1) is 0 Å². The van der Waals surface area contributed by atoms with E-state index in [1.165, 1.54) is 0 Å². The number of amides is 1. The average molecular weight is 285 g/mol.